The maximum absolute atomic E-state index is 12.7. The van der Waals surface area contributed by atoms with Crippen molar-refractivity contribution < 1.29 is 17.9 Å². The minimum absolute atomic E-state index is 0.106. The lowest BCUT2D eigenvalue weighted by Gasteiger charge is -2.20. The molecule has 1 fully saturated rings. The number of hydrogen-bond donors (Lipinski definition) is 2. The monoisotopic (exact) mass is 422 g/mol. The number of nitrogens with one attached hydrogen (secondary N) is 2. The standard InChI is InChI=1S/C20H30N4O4S/c1-24(14-17-8-6-12-28-17)15-20(25)22-16-7-5-9-18(13-16)29(26,27)23-19-10-3-2-4-11-21-19/h5,7,9,13,17H,2-4,6,8,10-12,14-15H2,1H3,(H,21,23)(H,22,25). The van der Waals surface area contributed by atoms with Crippen LogP contribution < -0.4 is 10.0 Å². The number of amides is 1. The molecule has 0 spiro atoms. The van der Waals surface area contributed by atoms with E-state index in [-0.39, 0.29) is 23.5 Å². The number of aliphatic imine (C=N–C) groups is 1. The maximum atomic E-state index is 12.7. The Balaban J connectivity index is 1.57. The Morgan fingerprint density at radius 2 is 2.14 bits per heavy atom. The van der Waals surface area contributed by atoms with Gasteiger partial charge in [-0.2, -0.15) is 0 Å². The van der Waals surface area contributed by atoms with Crippen molar-refractivity contribution in [2.75, 3.05) is 38.6 Å². The van der Waals surface area contributed by atoms with Crippen LogP contribution in [0, 0.1) is 0 Å². The average molecular weight is 423 g/mol. The number of hydrogen-bond acceptors (Lipinski definition) is 6. The number of nitrogens with zero attached hydrogens (tertiary/aromatic N) is 2. The number of ether oxygens (including phenoxy) is 1. The second-order valence-electron chi connectivity index (χ2n) is 7.65. The van der Waals surface area contributed by atoms with E-state index in [9.17, 15) is 13.2 Å². The molecule has 1 atom stereocenters. The first kappa shape index (κ1) is 21.7. The number of rotatable bonds is 7. The van der Waals surface area contributed by atoms with Gasteiger partial charge in [0.05, 0.1) is 17.5 Å². The van der Waals surface area contributed by atoms with Crippen LogP contribution in [0.1, 0.15) is 38.5 Å². The third-order valence-electron chi connectivity index (χ3n) is 5.01. The summed E-state index contributed by atoms with van der Waals surface area (Å²) in [6.07, 6.45) is 5.85. The molecule has 160 valence electrons. The van der Waals surface area contributed by atoms with Gasteiger partial charge in [-0.15, -0.1) is 0 Å². The molecule has 0 aromatic heterocycles. The summed E-state index contributed by atoms with van der Waals surface area (Å²) in [6.45, 7) is 2.35. The van der Waals surface area contributed by atoms with Gasteiger partial charge in [0.2, 0.25) is 5.91 Å². The van der Waals surface area contributed by atoms with Crippen LogP contribution in [0.5, 0.6) is 0 Å². The van der Waals surface area contributed by atoms with E-state index in [1.165, 1.54) is 12.1 Å². The van der Waals surface area contributed by atoms with E-state index in [2.05, 4.69) is 15.0 Å². The highest BCUT2D eigenvalue weighted by molar-refractivity contribution is 7.90. The summed E-state index contributed by atoms with van der Waals surface area (Å²) >= 11 is 0. The predicted molar refractivity (Wildman–Crippen MR) is 113 cm³/mol. The van der Waals surface area contributed by atoms with Gasteiger partial charge in [0.1, 0.15) is 5.84 Å². The highest BCUT2D eigenvalue weighted by Crippen LogP contribution is 2.17. The Morgan fingerprint density at radius 1 is 1.28 bits per heavy atom. The van der Waals surface area contributed by atoms with Crippen molar-refractivity contribution in [1.82, 2.24) is 9.62 Å². The molecule has 1 amide bonds. The predicted octanol–water partition coefficient (Wildman–Crippen LogP) is 1.99. The third-order valence-corrected chi connectivity index (χ3v) is 6.39. The molecule has 0 radical (unpaired) electrons. The van der Waals surface area contributed by atoms with Gasteiger partial charge in [-0.1, -0.05) is 12.5 Å². The number of benzene rings is 1. The van der Waals surface area contributed by atoms with Crippen LogP contribution >= 0.6 is 0 Å². The lowest BCUT2D eigenvalue weighted by molar-refractivity contribution is -0.117. The number of carbonyl (C=O) groups is 1. The molecular weight excluding hydrogens is 392 g/mol. The molecule has 1 aromatic carbocycles. The molecule has 3 rings (SSSR count). The van der Waals surface area contributed by atoms with Crippen LogP contribution in [0.3, 0.4) is 0 Å². The van der Waals surface area contributed by atoms with Crippen molar-refractivity contribution in [2.24, 2.45) is 4.99 Å². The Kier molecular flexibility index (Phi) is 7.63. The van der Waals surface area contributed by atoms with Crippen LogP contribution in [-0.4, -0.2) is 64.5 Å². The summed E-state index contributed by atoms with van der Waals surface area (Å²) < 4.78 is 33.6. The third kappa shape index (κ3) is 6.80. The molecule has 1 unspecified atom stereocenters. The topological polar surface area (TPSA) is 100 Å². The first-order valence-corrected chi connectivity index (χ1v) is 11.7. The molecule has 1 saturated heterocycles. The van der Waals surface area contributed by atoms with E-state index < -0.39 is 10.0 Å². The second kappa shape index (κ2) is 10.2. The molecule has 2 aliphatic rings. The molecule has 0 bridgehead atoms. The van der Waals surface area contributed by atoms with Gasteiger partial charge >= 0.3 is 0 Å². The fourth-order valence-corrected chi connectivity index (χ4v) is 4.69. The summed E-state index contributed by atoms with van der Waals surface area (Å²) in [6, 6.07) is 6.28. The van der Waals surface area contributed by atoms with Crippen LogP contribution in [-0.2, 0) is 19.6 Å². The highest BCUT2D eigenvalue weighted by Gasteiger charge is 2.20. The number of likely N-dealkylation sites (N-methyl/N-ethyl adjacent to an activating group) is 1. The molecule has 8 nitrogen and oxygen atoms in total. The quantitative estimate of drug-likeness (QED) is 0.700. The van der Waals surface area contributed by atoms with Crippen LogP contribution in [0.15, 0.2) is 34.2 Å². The molecule has 0 aliphatic carbocycles. The minimum atomic E-state index is -3.73. The van der Waals surface area contributed by atoms with Gasteiger partial charge in [-0.25, -0.2) is 8.42 Å². The van der Waals surface area contributed by atoms with Gasteiger partial charge in [-0.05, 0) is 50.9 Å². The number of sulfonamides is 1. The summed E-state index contributed by atoms with van der Waals surface area (Å²) in [5.41, 5.74) is 0.450. The van der Waals surface area contributed by atoms with E-state index in [0.29, 0.717) is 31.0 Å². The minimum Gasteiger partial charge on any atom is -0.377 e. The molecule has 2 heterocycles. The smallest absolute Gasteiger partial charge is 0.262 e. The maximum Gasteiger partial charge on any atom is 0.262 e. The molecule has 2 N–H and O–H groups in total. The lowest BCUT2D eigenvalue weighted by atomic mass is 10.2. The second-order valence-corrected chi connectivity index (χ2v) is 9.33. The molecule has 0 saturated carbocycles. The van der Waals surface area contributed by atoms with Gasteiger partial charge in [0.15, 0.2) is 0 Å². The summed E-state index contributed by atoms with van der Waals surface area (Å²) in [5, 5.41) is 2.78. The summed E-state index contributed by atoms with van der Waals surface area (Å²) in [7, 11) is -1.86. The Bertz CT molecular complexity index is 835. The van der Waals surface area contributed by atoms with E-state index >= 15 is 0 Å². The van der Waals surface area contributed by atoms with Crippen LogP contribution in [0.2, 0.25) is 0 Å². The first-order chi connectivity index (χ1) is 13.9. The van der Waals surface area contributed by atoms with Crippen molar-refractivity contribution in [2.45, 2.75) is 49.5 Å². The zero-order valence-electron chi connectivity index (χ0n) is 16.9. The zero-order valence-corrected chi connectivity index (χ0v) is 17.7. The van der Waals surface area contributed by atoms with Gasteiger partial charge in [-0.3, -0.25) is 19.4 Å². The Morgan fingerprint density at radius 3 is 2.93 bits per heavy atom. The molecule has 29 heavy (non-hydrogen) atoms. The Labute approximate surface area is 172 Å². The van der Waals surface area contributed by atoms with Crippen LogP contribution in [0.4, 0.5) is 5.69 Å². The van der Waals surface area contributed by atoms with Crippen molar-refractivity contribution in [1.29, 1.82) is 0 Å². The summed E-state index contributed by atoms with van der Waals surface area (Å²) in [5.74, 6) is 0.314. The largest absolute Gasteiger partial charge is 0.377 e. The highest BCUT2D eigenvalue weighted by atomic mass is 32.2. The number of anilines is 1. The molecule has 2 aliphatic heterocycles. The van der Waals surface area contributed by atoms with E-state index in [0.717, 1.165) is 38.7 Å². The number of carbonyl (C=O) groups excluding carboxylic acids is 1. The fourth-order valence-electron chi connectivity index (χ4n) is 3.56. The van der Waals surface area contributed by atoms with Crippen molar-refractivity contribution >= 4 is 27.5 Å². The van der Waals surface area contributed by atoms with Crippen molar-refractivity contribution in [3.05, 3.63) is 24.3 Å². The van der Waals surface area contributed by atoms with Crippen molar-refractivity contribution in [3.63, 3.8) is 0 Å². The van der Waals surface area contributed by atoms with Crippen molar-refractivity contribution in [3.8, 4) is 0 Å². The van der Waals surface area contributed by atoms with Gasteiger partial charge in [0.25, 0.3) is 10.0 Å². The SMILES string of the molecule is CN(CC(=O)Nc1cccc(S(=O)(=O)NC2=NCCCCC2)c1)CC1CCCO1. The number of amidine groups is 1. The van der Waals surface area contributed by atoms with Gasteiger partial charge in [0, 0.05) is 31.8 Å². The van der Waals surface area contributed by atoms with Crippen LogP contribution in [0.25, 0.3) is 0 Å². The molecule has 9 heteroatoms. The fraction of sp³-hybridized carbons (Fsp3) is 0.600. The van der Waals surface area contributed by atoms with E-state index in [1.54, 1.807) is 12.1 Å². The lowest BCUT2D eigenvalue weighted by Crippen LogP contribution is -2.35. The van der Waals surface area contributed by atoms with E-state index in [1.807, 2.05) is 11.9 Å². The zero-order chi connectivity index (χ0) is 20.7. The first-order valence-electron chi connectivity index (χ1n) is 10.2. The molecular formula is C20H30N4O4S. The normalized spacial score (nSPS) is 20.2. The Hall–Kier alpha value is -1.97. The summed E-state index contributed by atoms with van der Waals surface area (Å²) in [4.78, 5) is 18.7. The molecule has 1 aromatic rings. The average Bonchev–Trinajstić information content (AvgIpc) is 3.04. The van der Waals surface area contributed by atoms with Gasteiger partial charge < -0.3 is 10.1 Å². The van der Waals surface area contributed by atoms with E-state index in [4.69, 9.17) is 4.74 Å².